The van der Waals surface area contributed by atoms with Gasteiger partial charge in [-0.05, 0) is 13.0 Å². The molecule has 0 aromatic carbocycles. The predicted molar refractivity (Wildman–Crippen MR) is 97.0 cm³/mol. The topological polar surface area (TPSA) is 57.3 Å². The van der Waals surface area contributed by atoms with Crippen LogP contribution in [0.1, 0.15) is 41.7 Å². The van der Waals surface area contributed by atoms with Crippen molar-refractivity contribution in [3.63, 3.8) is 0 Å². The van der Waals surface area contributed by atoms with Crippen LogP contribution in [0, 0.1) is 0 Å². The molecular formula is C14H26Cl2N4OS. The van der Waals surface area contributed by atoms with Crippen molar-refractivity contribution in [1.29, 1.82) is 0 Å². The molecule has 0 radical (unpaired) electrons. The van der Waals surface area contributed by atoms with E-state index in [2.05, 4.69) is 34.4 Å². The van der Waals surface area contributed by atoms with Gasteiger partial charge in [0.15, 0.2) is 0 Å². The minimum Gasteiger partial charge on any atom is -0.351 e. The molecular weight excluding hydrogens is 343 g/mol. The van der Waals surface area contributed by atoms with Gasteiger partial charge in [0.05, 0.1) is 5.01 Å². The molecule has 5 nitrogen and oxygen atoms in total. The maximum atomic E-state index is 11.9. The zero-order valence-electron chi connectivity index (χ0n) is 13.1. The summed E-state index contributed by atoms with van der Waals surface area (Å²) in [5.74, 6) is 0.336. The number of nitrogens with one attached hydrogen (secondary N) is 2. The van der Waals surface area contributed by atoms with Crippen molar-refractivity contribution in [3.8, 4) is 0 Å². The lowest BCUT2D eigenvalue weighted by Crippen LogP contribution is -2.44. The number of carbonyl (C=O) groups is 1. The van der Waals surface area contributed by atoms with Crippen LogP contribution in [0.3, 0.4) is 0 Å². The van der Waals surface area contributed by atoms with Gasteiger partial charge < -0.3 is 15.5 Å². The van der Waals surface area contributed by atoms with Crippen LogP contribution in [-0.4, -0.2) is 55.1 Å². The molecule has 0 aliphatic carbocycles. The minimum absolute atomic E-state index is 0. The molecule has 1 fully saturated rings. The van der Waals surface area contributed by atoms with Crippen molar-refractivity contribution in [1.82, 2.24) is 20.5 Å². The first-order valence-electron chi connectivity index (χ1n) is 7.33. The van der Waals surface area contributed by atoms with Crippen molar-refractivity contribution in [2.45, 2.75) is 26.2 Å². The minimum atomic E-state index is -0.0477. The average Bonchev–Trinajstić information content (AvgIpc) is 2.94. The lowest BCUT2D eigenvalue weighted by molar-refractivity contribution is 0.0947. The first kappa shape index (κ1) is 21.6. The maximum Gasteiger partial charge on any atom is 0.270 e. The number of thiazole rings is 1. The van der Waals surface area contributed by atoms with Crippen molar-refractivity contribution in [2.24, 2.45) is 0 Å². The number of hydrogen-bond donors (Lipinski definition) is 2. The van der Waals surface area contributed by atoms with Gasteiger partial charge in [0.2, 0.25) is 0 Å². The summed E-state index contributed by atoms with van der Waals surface area (Å²) in [7, 11) is 0. The Morgan fingerprint density at radius 2 is 2.09 bits per heavy atom. The molecule has 2 heterocycles. The Kier molecular flexibility index (Phi) is 11.0. The van der Waals surface area contributed by atoms with Gasteiger partial charge in [-0.15, -0.1) is 36.2 Å². The molecule has 1 amide bonds. The summed E-state index contributed by atoms with van der Waals surface area (Å²) in [6.07, 6.45) is 0.993. The Labute approximate surface area is 149 Å². The molecule has 8 heteroatoms. The summed E-state index contributed by atoms with van der Waals surface area (Å²) < 4.78 is 0. The largest absolute Gasteiger partial charge is 0.351 e. The number of rotatable bonds is 6. The lowest BCUT2D eigenvalue weighted by atomic mass is 10.2. The highest BCUT2D eigenvalue weighted by molar-refractivity contribution is 7.09. The number of amides is 1. The highest BCUT2D eigenvalue weighted by Gasteiger charge is 2.12. The molecule has 0 saturated carbocycles. The number of nitrogens with zero attached hydrogens (tertiary/aromatic N) is 2. The van der Waals surface area contributed by atoms with E-state index in [-0.39, 0.29) is 30.7 Å². The van der Waals surface area contributed by atoms with Crippen LogP contribution in [0.4, 0.5) is 0 Å². The molecule has 1 saturated heterocycles. The Bertz CT molecular complexity index is 436. The third-order valence-electron chi connectivity index (χ3n) is 3.39. The number of hydrogen-bond acceptors (Lipinski definition) is 5. The summed E-state index contributed by atoms with van der Waals surface area (Å²) in [5.41, 5.74) is 0.556. The summed E-state index contributed by atoms with van der Waals surface area (Å²) in [4.78, 5) is 18.7. The summed E-state index contributed by atoms with van der Waals surface area (Å²) in [6, 6.07) is 0. The second kappa shape index (κ2) is 11.2. The fraction of sp³-hybridized carbons (Fsp3) is 0.714. The molecule has 1 aromatic heterocycles. The second-order valence-corrected chi connectivity index (χ2v) is 6.32. The van der Waals surface area contributed by atoms with Crippen LogP contribution in [0.2, 0.25) is 0 Å². The van der Waals surface area contributed by atoms with E-state index in [0.29, 0.717) is 11.6 Å². The fourth-order valence-corrected chi connectivity index (χ4v) is 3.00. The van der Waals surface area contributed by atoms with Gasteiger partial charge in [-0.2, -0.15) is 0 Å². The van der Waals surface area contributed by atoms with Gasteiger partial charge >= 0.3 is 0 Å². The zero-order valence-corrected chi connectivity index (χ0v) is 15.6. The maximum absolute atomic E-state index is 11.9. The van der Waals surface area contributed by atoms with E-state index in [9.17, 15) is 4.79 Å². The molecule has 0 bridgehead atoms. The van der Waals surface area contributed by atoms with Gasteiger partial charge in [-0.25, -0.2) is 4.98 Å². The van der Waals surface area contributed by atoms with E-state index < -0.39 is 0 Å². The van der Waals surface area contributed by atoms with Gasteiger partial charge in [0.25, 0.3) is 5.91 Å². The molecule has 0 atom stereocenters. The summed E-state index contributed by atoms with van der Waals surface area (Å²) in [6.45, 7) is 10.3. The molecule has 1 aromatic rings. The summed E-state index contributed by atoms with van der Waals surface area (Å²) in [5, 5.41) is 9.16. The van der Waals surface area contributed by atoms with E-state index in [1.165, 1.54) is 0 Å². The van der Waals surface area contributed by atoms with E-state index in [0.717, 1.165) is 50.7 Å². The predicted octanol–water partition coefficient (Wildman–Crippen LogP) is 2.14. The standard InChI is InChI=1S/C14H24N4OS.2ClH/c1-11(2)14-17-12(10-20-14)13(19)16-4-3-7-18-8-5-15-6-9-18;;/h10-11,15H,3-9H2,1-2H3,(H,16,19);2*1H. The van der Waals surface area contributed by atoms with Gasteiger partial charge in [-0.3, -0.25) is 4.79 Å². The monoisotopic (exact) mass is 368 g/mol. The average molecular weight is 369 g/mol. The molecule has 1 aliphatic rings. The van der Waals surface area contributed by atoms with Crippen LogP contribution in [0.25, 0.3) is 0 Å². The highest BCUT2D eigenvalue weighted by Crippen LogP contribution is 2.18. The van der Waals surface area contributed by atoms with E-state index >= 15 is 0 Å². The third kappa shape index (κ3) is 6.79. The number of aromatic nitrogens is 1. The van der Waals surface area contributed by atoms with Crippen LogP contribution in [-0.2, 0) is 0 Å². The van der Waals surface area contributed by atoms with E-state index in [4.69, 9.17) is 0 Å². The van der Waals surface area contributed by atoms with E-state index in [1.54, 1.807) is 11.3 Å². The SMILES string of the molecule is CC(C)c1nc(C(=O)NCCCN2CCNCC2)cs1.Cl.Cl. The molecule has 128 valence electrons. The molecule has 2 N–H and O–H groups in total. The zero-order chi connectivity index (χ0) is 14.4. The van der Waals surface area contributed by atoms with E-state index in [1.807, 2.05) is 5.38 Å². The van der Waals surface area contributed by atoms with Gasteiger partial charge in [0, 0.05) is 44.0 Å². The first-order chi connectivity index (χ1) is 9.66. The van der Waals surface area contributed by atoms with Gasteiger partial charge in [-0.1, -0.05) is 13.8 Å². The normalized spacial score (nSPS) is 15.0. The molecule has 2 rings (SSSR count). The van der Waals surface area contributed by atoms with Crippen molar-refractivity contribution >= 4 is 42.1 Å². The summed E-state index contributed by atoms with van der Waals surface area (Å²) >= 11 is 1.56. The smallest absolute Gasteiger partial charge is 0.270 e. The Morgan fingerprint density at radius 1 is 1.41 bits per heavy atom. The Balaban J connectivity index is 0.00000220. The van der Waals surface area contributed by atoms with Crippen molar-refractivity contribution in [2.75, 3.05) is 39.3 Å². The first-order valence-corrected chi connectivity index (χ1v) is 8.21. The van der Waals surface area contributed by atoms with Crippen LogP contribution < -0.4 is 10.6 Å². The molecule has 1 aliphatic heterocycles. The van der Waals surface area contributed by atoms with Crippen LogP contribution in [0.5, 0.6) is 0 Å². The molecule has 0 spiro atoms. The Morgan fingerprint density at radius 3 is 2.68 bits per heavy atom. The second-order valence-electron chi connectivity index (χ2n) is 5.43. The number of piperazine rings is 1. The quantitative estimate of drug-likeness (QED) is 0.755. The van der Waals surface area contributed by atoms with Crippen molar-refractivity contribution in [3.05, 3.63) is 16.1 Å². The van der Waals surface area contributed by atoms with Crippen LogP contribution in [0.15, 0.2) is 5.38 Å². The lowest BCUT2D eigenvalue weighted by Gasteiger charge is -2.26. The fourth-order valence-electron chi connectivity index (χ4n) is 2.19. The highest BCUT2D eigenvalue weighted by atomic mass is 35.5. The number of carbonyl (C=O) groups excluding carboxylic acids is 1. The third-order valence-corrected chi connectivity index (χ3v) is 4.54. The number of halogens is 2. The molecule has 22 heavy (non-hydrogen) atoms. The van der Waals surface area contributed by atoms with Crippen molar-refractivity contribution < 1.29 is 4.79 Å². The Hall–Kier alpha value is -0.400. The molecule has 0 unspecified atom stereocenters. The van der Waals surface area contributed by atoms with Crippen LogP contribution >= 0.6 is 36.2 Å². The van der Waals surface area contributed by atoms with Gasteiger partial charge in [0.1, 0.15) is 5.69 Å².